The number of aromatic nitrogens is 5. The number of fused-ring (bicyclic) bond motifs is 1. The molecule has 0 radical (unpaired) electrons. The van der Waals surface area contributed by atoms with Gasteiger partial charge in [0.2, 0.25) is 5.95 Å². The molecule has 0 amide bonds. The Hall–Kier alpha value is -2.30. The van der Waals surface area contributed by atoms with Crippen molar-refractivity contribution in [3.05, 3.63) is 27.6 Å². The van der Waals surface area contributed by atoms with E-state index in [0.29, 0.717) is 38.0 Å². The van der Waals surface area contributed by atoms with Gasteiger partial charge < -0.3 is 15.4 Å². The van der Waals surface area contributed by atoms with E-state index in [0.717, 1.165) is 39.0 Å². The highest BCUT2D eigenvalue weighted by Crippen LogP contribution is 2.42. The molecule has 2 fully saturated rings. The Bertz CT molecular complexity index is 1200. The van der Waals surface area contributed by atoms with Crippen LogP contribution in [0.2, 0.25) is 5.02 Å². The molecule has 0 unspecified atom stereocenters. The van der Waals surface area contributed by atoms with E-state index < -0.39 is 0 Å². The summed E-state index contributed by atoms with van der Waals surface area (Å²) in [6, 6.07) is 1.74. The van der Waals surface area contributed by atoms with Gasteiger partial charge in [0.1, 0.15) is 16.2 Å². The fourth-order valence-corrected chi connectivity index (χ4v) is 5.72. The number of nitrogens with zero attached hydrogens (tertiary/aromatic N) is 5. The van der Waals surface area contributed by atoms with Crippen LogP contribution in [0.15, 0.2) is 27.0 Å². The van der Waals surface area contributed by atoms with E-state index in [1.807, 2.05) is 0 Å². The summed E-state index contributed by atoms with van der Waals surface area (Å²) >= 11 is 7.53. The Morgan fingerprint density at radius 3 is 2.87 bits per heavy atom. The Kier molecular flexibility index (Phi) is 5.10. The van der Waals surface area contributed by atoms with Crippen LogP contribution in [0.3, 0.4) is 0 Å². The zero-order valence-electron chi connectivity index (χ0n) is 17.4. The van der Waals surface area contributed by atoms with Gasteiger partial charge >= 0.3 is 0 Å². The second kappa shape index (κ2) is 7.68. The fourth-order valence-electron chi connectivity index (χ4n) is 4.58. The molecular weight excluding hydrogens is 438 g/mol. The maximum atomic E-state index is 13.2. The van der Waals surface area contributed by atoms with E-state index in [1.54, 1.807) is 23.9 Å². The first-order valence-corrected chi connectivity index (χ1v) is 11.5. The van der Waals surface area contributed by atoms with Crippen molar-refractivity contribution in [3.63, 3.8) is 0 Å². The van der Waals surface area contributed by atoms with Crippen LogP contribution in [0.5, 0.6) is 0 Å². The molecule has 2 saturated heterocycles. The molecule has 3 aromatic heterocycles. The van der Waals surface area contributed by atoms with Crippen molar-refractivity contribution in [3.8, 4) is 0 Å². The van der Waals surface area contributed by atoms with Crippen molar-refractivity contribution in [2.24, 2.45) is 12.5 Å². The molecule has 5 heterocycles. The van der Waals surface area contributed by atoms with Crippen molar-refractivity contribution in [1.82, 2.24) is 24.7 Å². The van der Waals surface area contributed by atoms with Gasteiger partial charge in [-0.3, -0.25) is 14.5 Å². The van der Waals surface area contributed by atoms with Gasteiger partial charge in [-0.15, -0.1) is 0 Å². The van der Waals surface area contributed by atoms with Gasteiger partial charge in [-0.2, -0.15) is 10.1 Å². The van der Waals surface area contributed by atoms with E-state index in [-0.39, 0.29) is 16.8 Å². The molecule has 5 rings (SSSR count). The number of halogens is 1. The summed E-state index contributed by atoms with van der Waals surface area (Å²) in [4.78, 5) is 24.8. The van der Waals surface area contributed by atoms with E-state index in [4.69, 9.17) is 27.1 Å². The van der Waals surface area contributed by atoms with Crippen LogP contribution in [-0.2, 0) is 11.8 Å². The Morgan fingerprint density at radius 2 is 2.16 bits per heavy atom. The van der Waals surface area contributed by atoms with Crippen LogP contribution < -0.4 is 16.2 Å². The fraction of sp³-hybridized carbons (Fsp3) is 0.500. The number of rotatable bonds is 3. The number of aromatic amines is 1. The first-order chi connectivity index (χ1) is 14.9. The third kappa shape index (κ3) is 3.56. The average Bonchev–Trinajstić information content (AvgIpc) is 3.32. The number of hydrogen-bond donors (Lipinski definition) is 2. The lowest BCUT2D eigenvalue weighted by atomic mass is 9.77. The molecule has 11 heteroatoms. The van der Waals surface area contributed by atoms with Crippen LogP contribution >= 0.6 is 23.4 Å². The first kappa shape index (κ1) is 20.6. The zero-order chi connectivity index (χ0) is 21.8. The van der Waals surface area contributed by atoms with Gasteiger partial charge in [-0.1, -0.05) is 23.4 Å². The summed E-state index contributed by atoms with van der Waals surface area (Å²) in [5, 5.41) is 8.53. The third-order valence-corrected chi connectivity index (χ3v) is 7.89. The van der Waals surface area contributed by atoms with E-state index in [9.17, 15) is 4.79 Å². The molecule has 0 aliphatic carbocycles. The largest absolute Gasteiger partial charge is 0.382 e. The lowest BCUT2D eigenvalue weighted by molar-refractivity contribution is 0.0974. The second-order valence-corrected chi connectivity index (χ2v) is 9.86. The maximum absolute atomic E-state index is 13.2. The summed E-state index contributed by atoms with van der Waals surface area (Å²) in [6.45, 7) is 4.67. The molecule has 9 nitrogen and oxygen atoms in total. The minimum atomic E-state index is -0.146. The average molecular weight is 462 g/mol. The van der Waals surface area contributed by atoms with Crippen molar-refractivity contribution >= 4 is 46.2 Å². The maximum Gasteiger partial charge on any atom is 0.266 e. The number of ether oxygens (including phenoxy) is 1. The van der Waals surface area contributed by atoms with Crippen molar-refractivity contribution in [2.75, 3.05) is 30.3 Å². The summed E-state index contributed by atoms with van der Waals surface area (Å²) in [7, 11) is 1.76. The minimum absolute atomic E-state index is 0.146. The number of anilines is 2. The number of nitrogens with two attached hydrogens (primary N) is 1. The summed E-state index contributed by atoms with van der Waals surface area (Å²) in [5.41, 5.74) is 6.38. The first-order valence-electron chi connectivity index (χ1n) is 10.3. The van der Waals surface area contributed by atoms with Crippen LogP contribution in [-0.4, -0.2) is 50.5 Å². The number of nitrogens with one attached hydrogen (secondary N) is 1. The molecule has 0 saturated carbocycles. The molecule has 31 heavy (non-hydrogen) atoms. The molecule has 2 aliphatic heterocycles. The third-order valence-electron chi connectivity index (χ3n) is 6.33. The second-order valence-electron chi connectivity index (χ2n) is 8.45. The molecule has 1 atom stereocenters. The molecular formula is C20H24ClN7O2S. The lowest BCUT2D eigenvalue weighted by Gasteiger charge is -2.39. The van der Waals surface area contributed by atoms with Gasteiger partial charge in [0.15, 0.2) is 5.65 Å². The van der Waals surface area contributed by atoms with Crippen LogP contribution in [0.4, 0.5) is 11.8 Å². The van der Waals surface area contributed by atoms with Gasteiger partial charge in [0, 0.05) is 31.2 Å². The Morgan fingerprint density at radius 1 is 1.39 bits per heavy atom. The summed E-state index contributed by atoms with van der Waals surface area (Å²) in [6.07, 6.45) is 5.09. The lowest BCUT2D eigenvalue weighted by Crippen LogP contribution is -2.43. The summed E-state index contributed by atoms with van der Waals surface area (Å²) < 4.78 is 7.44. The number of nitrogen functional groups attached to an aromatic ring is 1. The minimum Gasteiger partial charge on any atom is -0.382 e. The molecule has 0 bridgehead atoms. The smallest absolute Gasteiger partial charge is 0.266 e. The van der Waals surface area contributed by atoms with Crippen molar-refractivity contribution < 1.29 is 4.74 Å². The van der Waals surface area contributed by atoms with Crippen molar-refractivity contribution in [1.29, 1.82) is 0 Å². The van der Waals surface area contributed by atoms with E-state index in [2.05, 4.69) is 27.0 Å². The molecule has 1 spiro atoms. The zero-order valence-corrected chi connectivity index (χ0v) is 19.0. The highest BCUT2D eigenvalue weighted by molar-refractivity contribution is 7.99. The van der Waals surface area contributed by atoms with Crippen molar-refractivity contribution in [2.45, 2.75) is 42.2 Å². The highest BCUT2D eigenvalue weighted by Gasteiger charge is 2.41. The highest BCUT2D eigenvalue weighted by atomic mass is 35.5. The summed E-state index contributed by atoms with van der Waals surface area (Å²) in [5.74, 6) is 0.899. The monoisotopic (exact) mass is 461 g/mol. The normalized spacial score (nSPS) is 20.7. The number of pyridine rings is 1. The SMILES string of the molecule is C[C@H]1CC2(CCN(c3nc4[nH]nc(Sc5ccnc(N)c5Cl)c4c(=O)n3C)CC2)CO1. The van der Waals surface area contributed by atoms with Crippen LogP contribution in [0.25, 0.3) is 11.0 Å². The topological polar surface area (TPSA) is 115 Å². The quantitative estimate of drug-likeness (QED) is 0.611. The molecule has 164 valence electrons. The van der Waals surface area contributed by atoms with E-state index in [1.165, 1.54) is 11.8 Å². The Balaban J connectivity index is 1.44. The number of piperidine rings is 1. The Labute approximate surface area is 188 Å². The molecule has 3 aromatic rings. The van der Waals surface area contributed by atoms with Crippen LogP contribution in [0.1, 0.15) is 26.2 Å². The number of hydrogen-bond acceptors (Lipinski definition) is 8. The van der Waals surface area contributed by atoms with Gasteiger partial charge in [-0.25, -0.2) is 4.98 Å². The predicted molar refractivity (Wildman–Crippen MR) is 121 cm³/mol. The van der Waals surface area contributed by atoms with Crippen LogP contribution in [0, 0.1) is 5.41 Å². The molecule has 2 aliphatic rings. The molecule has 0 aromatic carbocycles. The standard InChI is InChI=1S/C20H24ClN7O2S/c1-11-9-20(10-30-11)4-7-28(8-5-20)19-24-16-13(18(29)27(19)2)17(26-25-16)31-12-3-6-23-15(22)14(12)21/h3,6,11H,4-5,7-10H2,1-2H3,(H2,22,23)(H,25,26)/t11-/m0/s1. The van der Waals surface area contributed by atoms with Gasteiger partial charge in [0.05, 0.1) is 17.7 Å². The molecule has 3 N–H and O–H groups in total. The predicted octanol–water partition coefficient (Wildman–Crippen LogP) is 2.83. The number of H-pyrrole nitrogens is 1. The van der Waals surface area contributed by atoms with E-state index >= 15 is 0 Å². The van der Waals surface area contributed by atoms with Gasteiger partial charge in [0.25, 0.3) is 5.56 Å². The van der Waals surface area contributed by atoms with Gasteiger partial charge in [-0.05, 0) is 37.7 Å².